The lowest BCUT2D eigenvalue weighted by Gasteiger charge is -2.12. The van der Waals surface area contributed by atoms with Crippen LogP contribution in [0.25, 0.3) is 15.9 Å². The molecule has 0 radical (unpaired) electrons. The highest BCUT2D eigenvalue weighted by molar-refractivity contribution is 7.17. The van der Waals surface area contributed by atoms with Crippen LogP contribution in [0.2, 0.25) is 0 Å². The number of carbonyl (C=O) groups excluding carboxylic acids is 2. The first kappa shape index (κ1) is 21.3. The van der Waals surface area contributed by atoms with E-state index in [1.54, 1.807) is 73.0 Å². The molecular weight excluding hydrogens is 430 g/mol. The number of anilines is 1. The van der Waals surface area contributed by atoms with Gasteiger partial charge in [-0.1, -0.05) is 18.2 Å². The molecule has 8 nitrogen and oxygen atoms in total. The zero-order valence-electron chi connectivity index (χ0n) is 17.1. The van der Waals surface area contributed by atoms with Gasteiger partial charge in [0.05, 0.1) is 23.4 Å². The lowest BCUT2D eigenvalue weighted by molar-refractivity contribution is -0.116. The van der Waals surface area contributed by atoms with E-state index in [9.17, 15) is 19.2 Å². The fourth-order valence-corrected chi connectivity index (χ4v) is 4.12. The van der Waals surface area contributed by atoms with Crippen molar-refractivity contribution in [2.45, 2.75) is 13.5 Å². The number of para-hydroxylation sites is 1. The first-order chi connectivity index (χ1) is 15.5. The lowest BCUT2D eigenvalue weighted by atomic mass is 10.2. The molecule has 0 unspecified atom stereocenters. The molecule has 1 N–H and O–H groups in total. The molecule has 0 fully saturated rings. The maximum absolute atomic E-state index is 13.2. The monoisotopic (exact) mass is 449 g/mol. The Morgan fingerprint density at radius 2 is 1.72 bits per heavy atom. The molecule has 0 aliphatic heterocycles. The van der Waals surface area contributed by atoms with Gasteiger partial charge in [-0.3, -0.25) is 14.2 Å². The van der Waals surface area contributed by atoms with Crippen LogP contribution < -0.4 is 16.6 Å². The second kappa shape index (κ2) is 9.03. The Hall–Kier alpha value is -3.98. The van der Waals surface area contributed by atoms with Crippen LogP contribution in [0.4, 0.5) is 5.69 Å². The topological polar surface area (TPSA) is 99.4 Å². The van der Waals surface area contributed by atoms with Crippen molar-refractivity contribution < 1.29 is 14.3 Å². The molecule has 0 atom stereocenters. The van der Waals surface area contributed by atoms with Crippen LogP contribution in [0.15, 0.2) is 75.6 Å². The number of rotatable bonds is 6. The van der Waals surface area contributed by atoms with Crippen molar-refractivity contribution >= 4 is 39.1 Å². The van der Waals surface area contributed by atoms with Gasteiger partial charge in [-0.25, -0.2) is 14.2 Å². The fourth-order valence-electron chi connectivity index (χ4n) is 3.29. The van der Waals surface area contributed by atoms with Gasteiger partial charge in [0.15, 0.2) is 0 Å². The highest BCUT2D eigenvalue weighted by Crippen LogP contribution is 2.17. The Morgan fingerprint density at radius 3 is 2.41 bits per heavy atom. The minimum Gasteiger partial charge on any atom is -0.462 e. The number of carbonyl (C=O) groups is 2. The number of thiophene rings is 1. The van der Waals surface area contributed by atoms with Gasteiger partial charge in [-0.2, -0.15) is 0 Å². The fraction of sp³-hybridized carbons (Fsp3) is 0.130. The van der Waals surface area contributed by atoms with Crippen LogP contribution in [0.3, 0.4) is 0 Å². The van der Waals surface area contributed by atoms with Crippen molar-refractivity contribution in [3.05, 3.63) is 92.4 Å². The first-order valence-corrected chi connectivity index (χ1v) is 10.7. The predicted molar refractivity (Wildman–Crippen MR) is 123 cm³/mol. The summed E-state index contributed by atoms with van der Waals surface area (Å²) < 4.78 is 7.68. The molecule has 0 aliphatic carbocycles. The Bertz CT molecular complexity index is 1400. The molecule has 4 rings (SSSR count). The van der Waals surface area contributed by atoms with Crippen molar-refractivity contribution in [1.82, 2.24) is 9.13 Å². The standard InChI is InChI=1S/C23H19N3O5S/c1-2-31-22(29)15-8-10-16(11-9-15)24-19(27)14-25-18-12-13-32-20(18)21(28)26(23(25)30)17-6-4-3-5-7-17/h3-13H,2,14H2,1H3,(H,24,27). The van der Waals surface area contributed by atoms with E-state index >= 15 is 0 Å². The van der Waals surface area contributed by atoms with Gasteiger partial charge in [0.1, 0.15) is 11.2 Å². The summed E-state index contributed by atoms with van der Waals surface area (Å²) in [6.45, 7) is 1.72. The van der Waals surface area contributed by atoms with Crippen molar-refractivity contribution in [3.8, 4) is 5.69 Å². The van der Waals surface area contributed by atoms with Gasteiger partial charge in [0, 0.05) is 5.69 Å². The van der Waals surface area contributed by atoms with E-state index in [2.05, 4.69) is 5.32 Å². The maximum atomic E-state index is 13.2. The summed E-state index contributed by atoms with van der Waals surface area (Å²) in [6.07, 6.45) is 0. The lowest BCUT2D eigenvalue weighted by Crippen LogP contribution is -2.40. The normalized spacial score (nSPS) is 10.8. The van der Waals surface area contributed by atoms with Crippen LogP contribution in [-0.2, 0) is 16.1 Å². The Labute approximate surface area is 186 Å². The van der Waals surface area contributed by atoms with Gasteiger partial charge in [-0.15, -0.1) is 11.3 Å². The molecule has 0 saturated carbocycles. The summed E-state index contributed by atoms with van der Waals surface area (Å²) in [5, 5.41) is 4.42. The van der Waals surface area contributed by atoms with Gasteiger partial charge < -0.3 is 10.1 Å². The number of amides is 1. The maximum Gasteiger partial charge on any atom is 0.338 e. The number of ether oxygens (including phenoxy) is 1. The molecular formula is C23H19N3O5S. The number of hydrogen-bond donors (Lipinski definition) is 1. The summed E-state index contributed by atoms with van der Waals surface area (Å²) in [5.74, 6) is -0.887. The summed E-state index contributed by atoms with van der Waals surface area (Å²) in [7, 11) is 0. The van der Waals surface area contributed by atoms with E-state index < -0.39 is 23.1 Å². The molecule has 32 heavy (non-hydrogen) atoms. The Morgan fingerprint density at radius 1 is 1.00 bits per heavy atom. The molecule has 0 saturated heterocycles. The predicted octanol–water partition coefficient (Wildman–Crippen LogP) is 3.03. The summed E-state index contributed by atoms with van der Waals surface area (Å²) in [4.78, 5) is 50.5. The van der Waals surface area contributed by atoms with Gasteiger partial charge in [0.2, 0.25) is 5.91 Å². The molecule has 1 amide bonds. The van der Waals surface area contributed by atoms with Crippen LogP contribution in [0.5, 0.6) is 0 Å². The summed E-state index contributed by atoms with van der Waals surface area (Å²) in [5.41, 5.74) is 0.661. The molecule has 162 valence electrons. The van der Waals surface area contributed by atoms with Crippen LogP contribution in [0, 0.1) is 0 Å². The minimum absolute atomic E-state index is 0.272. The van der Waals surface area contributed by atoms with Crippen molar-refractivity contribution in [1.29, 1.82) is 0 Å². The number of nitrogens with one attached hydrogen (secondary N) is 1. The number of fused-ring (bicyclic) bond motifs is 1. The molecule has 9 heteroatoms. The number of aromatic nitrogens is 2. The third-order valence-electron chi connectivity index (χ3n) is 4.75. The molecule has 0 spiro atoms. The first-order valence-electron chi connectivity index (χ1n) is 9.85. The number of nitrogens with zero attached hydrogens (tertiary/aromatic N) is 2. The zero-order chi connectivity index (χ0) is 22.7. The molecule has 2 aromatic carbocycles. The van der Waals surface area contributed by atoms with E-state index in [0.29, 0.717) is 27.2 Å². The second-order valence-electron chi connectivity index (χ2n) is 6.83. The van der Waals surface area contributed by atoms with Gasteiger partial charge >= 0.3 is 11.7 Å². The van der Waals surface area contributed by atoms with Crippen LogP contribution in [0.1, 0.15) is 17.3 Å². The highest BCUT2D eigenvalue weighted by atomic mass is 32.1. The third-order valence-corrected chi connectivity index (χ3v) is 5.64. The quantitative estimate of drug-likeness (QED) is 0.456. The average Bonchev–Trinajstić information content (AvgIpc) is 3.28. The largest absolute Gasteiger partial charge is 0.462 e. The highest BCUT2D eigenvalue weighted by Gasteiger charge is 2.17. The molecule has 0 aliphatic rings. The second-order valence-corrected chi connectivity index (χ2v) is 7.74. The van der Waals surface area contributed by atoms with Crippen molar-refractivity contribution in [3.63, 3.8) is 0 Å². The number of hydrogen-bond acceptors (Lipinski definition) is 6. The number of benzene rings is 2. The Balaban J connectivity index is 1.64. The van der Waals surface area contributed by atoms with Crippen LogP contribution >= 0.6 is 11.3 Å². The zero-order valence-corrected chi connectivity index (χ0v) is 17.9. The smallest absolute Gasteiger partial charge is 0.338 e. The Kier molecular flexibility index (Phi) is 6.00. The molecule has 2 aromatic heterocycles. The van der Waals surface area contributed by atoms with E-state index in [4.69, 9.17) is 4.74 Å². The molecule has 0 bridgehead atoms. The van der Waals surface area contributed by atoms with Gasteiger partial charge in [0.25, 0.3) is 5.56 Å². The molecule has 2 heterocycles. The van der Waals surface area contributed by atoms with E-state index in [0.717, 1.165) is 4.57 Å². The van der Waals surface area contributed by atoms with Crippen LogP contribution in [-0.4, -0.2) is 27.6 Å². The SMILES string of the molecule is CCOC(=O)c1ccc(NC(=O)Cn2c(=O)n(-c3ccccc3)c(=O)c3sccc32)cc1. The summed E-state index contributed by atoms with van der Waals surface area (Å²) >= 11 is 1.22. The van der Waals surface area contributed by atoms with Gasteiger partial charge in [-0.05, 0) is 54.8 Å². The number of esters is 1. The van der Waals surface area contributed by atoms with E-state index in [1.165, 1.54) is 15.9 Å². The van der Waals surface area contributed by atoms with E-state index in [-0.39, 0.29) is 13.2 Å². The third kappa shape index (κ3) is 4.10. The molecule has 4 aromatic rings. The van der Waals surface area contributed by atoms with Crippen molar-refractivity contribution in [2.24, 2.45) is 0 Å². The average molecular weight is 449 g/mol. The minimum atomic E-state index is -0.597. The summed E-state index contributed by atoms with van der Waals surface area (Å²) in [6, 6.07) is 16.5. The van der Waals surface area contributed by atoms with E-state index in [1.807, 2.05) is 0 Å². The van der Waals surface area contributed by atoms with Crippen molar-refractivity contribution in [2.75, 3.05) is 11.9 Å².